The zero-order valence-corrected chi connectivity index (χ0v) is 14.4. The first-order valence-electron chi connectivity index (χ1n) is 8.07. The summed E-state index contributed by atoms with van der Waals surface area (Å²) < 4.78 is 1.59. The number of nitrogens with one attached hydrogen (secondary N) is 1. The third-order valence-electron chi connectivity index (χ3n) is 4.82. The maximum absolute atomic E-state index is 12.3. The van der Waals surface area contributed by atoms with Gasteiger partial charge in [-0.05, 0) is 48.8 Å². The van der Waals surface area contributed by atoms with Crippen molar-refractivity contribution in [2.24, 2.45) is 11.1 Å². The van der Waals surface area contributed by atoms with Crippen molar-refractivity contribution in [3.05, 3.63) is 39.3 Å². The van der Waals surface area contributed by atoms with Gasteiger partial charge in [-0.3, -0.25) is 4.98 Å². The fourth-order valence-corrected chi connectivity index (χ4v) is 3.42. The molecule has 1 aromatic heterocycles. The van der Waals surface area contributed by atoms with Gasteiger partial charge in [-0.1, -0.05) is 31.5 Å². The van der Waals surface area contributed by atoms with Crippen LogP contribution < -0.4 is 11.4 Å². The number of aromatic nitrogens is 3. The lowest BCUT2D eigenvalue weighted by molar-refractivity contribution is 0.183. The summed E-state index contributed by atoms with van der Waals surface area (Å²) in [7, 11) is 0. The molecule has 1 aromatic carbocycles. The molecule has 1 saturated carbocycles. The van der Waals surface area contributed by atoms with E-state index >= 15 is 0 Å². The average Bonchev–Trinajstić information content (AvgIpc) is 2.89. The third kappa shape index (κ3) is 3.35. The zero-order chi connectivity index (χ0) is 16.6. The topological polar surface area (TPSA) is 76.7 Å². The molecule has 0 spiro atoms. The number of benzene rings is 1. The Bertz CT molecular complexity index is 752. The van der Waals surface area contributed by atoms with Crippen molar-refractivity contribution < 1.29 is 0 Å². The Labute approximate surface area is 140 Å². The molecule has 0 saturated heterocycles. The maximum atomic E-state index is 12.3. The Morgan fingerprint density at radius 1 is 1.39 bits per heavy atom. The minimum absolute atomic E-state index is 0.164. The second-order valence-electron chi connectivity index (χ2n) is 7.14. The van der Waals surface area contributed by atoms with Crippen LogP contribution in [0.25, 0.3) is 11.4 Å². The van der Waals surface area contributed by atoms with E-state index in [2.05, 4.69) is 23.9 Å². The normalized spacial score (nSPS) is 18.3. The van der Waals surface area contributed by atoms with Crippen LogP contribution in [0.4, 0.5) is 0 Å². The Kier molecular flexibility index (Phi) is 4.34. The molecule has 1 fully saturated rings. The van der Waals surface area contributed by atoms with Gasteiger partial charge in [0.25, 0.3) is 0 Å². The molecule has 0 amide bonds. The molecule has 0 aliphatic heterocycles. The minimum atomic E-state index is -0.168. The lowest BCUT2D eigenvalue weighted by Gasteiger charge is -2.33. The average molecular weight is 335 g/mol. The molecule has 5 nitrogen and oxygen atoms in total. The first-order valence-corrected chi connectivity index (χ1v) is 8.45. The van der Waals surface area contributed by atoms with E-state index in [9.17, 15) is 4.79 Å². The summed E-state index contributed by atoms with van der Waals surface area (Å²) in [5.74, 6) is 0.514. The van der Waals surface area contributed by atoms with Gasteiger partial charge in [0.2, 0.25) is 0 Å². The summed E-state index contributed by atoms with van der Waals surface area (Å²) in [4.78, 5) is 15.2. The zero-order valence-electron chi connectivity index (χ0n) is 13.6. The molecule has 0 unspecified atom stereocenters. The van der Waals surface area contributed by atoms with Crippen molar-refractivity contribution in [3.63, 3.8) is 0 Å². The van der Waals surface area contributed by atoms with Crippen LogP contribution in [0.2, 0.25) is 5.02 Å². The van der Waals surface area contributed by atoms with Crippen molar-refractivity contribution >= 4 is 11.6 Å². The molecular formula is C17H23ClN4O. The van der Waals surface area contributed by atoms with Crippen molar-refractivity contribution in [2.45, 2.75) is 52.1 Å². The van der Waals surface area contributed by atoms with E-state index in [1.807, 2.05) is 12.1 Å². The van der Waals surface area contributed by atoms with Crippen LogP contribution in [-0.4, -0.2) is 14.8 Å². The van der Waals surface area contributed by atoms with Gasteiger partial charge in [-0.2, -0.15) is 0 Å². The van der Waals surface area contributed by atoms with E-state index in [1.54, 1.807) is 10.7 Å². The standard InChI is InChI=1S/C17H23ClN4O/c1-17(2)7-5-12(6-8-17)22-16(23)20-15(21-22)13-9-11(10-19)3-4-14(13)18/h3-4,9,12H,5-8,10,19H2,1-2H3,(H,20,21,23). The van der Waals surface area contributed by atoms with Crippen molar-refractivity contribution in [1.82, 2.24) is 14.8 Å². The van der Waals surface area contributed by atoms with Crippen LogP contribution in [-0.2, 0) is 6.54 Å². The fourth-order valence-electron chi connectivity index (χ4n) is 3.21. The number of halogens is 1. The van der Waals surface area contributed by atoms with Crippen LogP contribution in [0.5, 0.6) is 0 Å². The molecule has 1 aliphatic rings. The summed E-state index contributed by atoms with van der Waals surface area (Å²) in [6, 6.07) is 5.72. The number of hydrogen-bond acceptors (Lipinski definition) is 3. The van der Waals surface area contributed by atoms with Gasteiger partial charge in [0.05, 0.1) is 11.1 Å². The Hall–Kier alpha value is -1.59. The molecular weight excluding hydrogens is 312 g/mol. The van der Waals surface area contributed by atoms with E-state index in [0.29, 0.717) is 22.8 Å². The second kappa shape index (κ2) is 6.13. The van der Waals surface area contributed by atoms with Gasteiger partial charge in [-0.25, -0.2) is 9.48 Å². The number of H-pyrrole nitrogens is 1. The SMILES string of the molecule is CC1(C)CCC(n2nc(-c3cc(CN)ccc3Cl)[nH]c2=O)CC1. The summed E-state index contributed by atoms with van der Waals surface area (Å²) in [6.07, 6.45) is 4.17. The van der Waals surface area contributed by atoms with Gasteiger partial charge in [0.15, 0.2) is 5.82 Å². The molecule has 0 bridgehead atoms. The molecule has 0 atom stereocenters. The monoisotopic (exact) mass is 334 g/mol. The van der Waals surface area contributed by atoms with Crippen LogP contribution in [0.1, 0.15) is 51.1 Å². The number of hydrogen-bond donors (Lipinski definition) is 2. The van der Waals surface area contributed by atoms with Crippen molar-refractivity contribution in [1.29, 1.82) is 0 Å². The van der Waals surface area contributed by atoms with Crippen molar-refractivity contribution in [2.75, 3.05) is 0 Å². The van der Waals surface area contributed by atoms with E-state index < -0.39 is 0 Å². The van der Waals surface area contributed by atoms with Crippen molar-refractivity contribution in [3.8, 4) is 11.4 Å². The van der Waals surface area contributed by atoms with Crippen LogP contribution in [0, 0.1) is 5.41 Å². The third-order valence-corrected chi connectivity index (χ3v) is 5.15. The smallest absolute Gasteiger partial charge is 0.326 e. The van der Waals surface area contributed by atoms with Gasteiger partial charge < -0.3 is 5.73 Å². The summed E-state index contributed by atoms with van der Waals surface area (Å²) >= 11 is 6.26. The highest BCUT2D eigenvalue weighted by Crippen LogP contribution is 2.39. The number of aromatic amines is 1. The van der Waals surface area contributed by atoms with E-state index in [0.717, 1.165) is 36.8 Å². The van der Waals surface area contributed by atoms with E-state index in [1.165, 1.54) is 0 Å². The van der Waals surface area contributed by atoms with E-state index in [4.69, 9.17) is 17.3 Å². The largest absolute Gasteiger partial charge is 0.343 e. The molecule has 23 heavy (non-hydrogen) atoms. The first-order chi connectivity index (χ1) is 10.9. The number of rotatable bonds is 3. The number of nitrogens with zero attached hydrogens (tertiary/aromatic N) is 2. The first kappa shape index (κ1) is 16.3. The van der Waals surface area contributed by atoms with Gasteiger partial charge in [0.1, 0.15) is 0 Å². The molecule has 3 rings (SSSR count). The fraction of sp³-hybridized carbons (Fsp3) is 0.529. The lowest BCUT2D eigenvalue weighted by atomic mass is 9.76. The molecule has 3 N–H and O–H groups in total. The predicted octanol–water partition coefficient (Wildman–Crippen LogP) is 3.49. The molecule has 1 aliphatic carbocycles. The Morgan fingerprint density at radius 2 is 2.09 bits per heavy atom. The Morgan fingerprint density at radius 3 is 2.74 bits per heavy atom. The molecule has 0 radical (unpaired) electrons. The quantitative estimate of drug-likeness (QED) is 0.902. The summed E-state index contributed by atoms with van der Waals surface area (Å²) in [6.45, 7) is 4.98. The Balaban J connectivity index is 1.91. The minimum Gasteiger partial charge on any atom is -0.326 e. The summed E-state index contributed by atoms with van der Waals surface area (Å²) in [5, 5.41) is 5.07. The van der Waals surface area contributed by atoms with E-state index in [-0.39, 0.29) is 11.7 Å². The number of nitrogens with two attached hydrogens (primary N) is 1. The molecule has 6 heteroatoms. The molecule has 1 heterocycles. The predicted molar refractivity (Wildman–Crippen MR) is 92.5 cm³/mol. The molecule has 124 valence electrons. The molecule has 2 aromatic rings. The van der Waals surface area contributed by atoms with Crippen LogP contribution >= 0.6 is 11.6 Å². The van der Waals surface area contributed by atoms with Crippen LogP contribution in [0.3, 0.4) is 0 Å². The van der Waals surface area contributed by atoms with Crippen LogP contribution in [0.15, 0.2) is 23.0 Å². The summed E-state index contributed by atoms with van der Waals surface area (Å²) in [5.41, 5.74) is 7.56. The highest BCUT2D eigenvalue weighted by atomic mass is 35.5. The lowest BCUT2D eigenvalue weighted by Crippen LogP contribution is -2.29. The van der Waals surface area contributed by atoms with Gasteiger partial charge in [0, 0.05) is 12.1 Å². The second-order valence-corrected chi connectivity index (χ2v) is 7.54. The highest BCUT2D eigenvalue weighted by Gasteiger charge is 2.29. The maximum Gasteiger partial charge on any atom is 0.343 e. The highest BCUT2D eigenvalue weighted by molar-refractivity contribution is 6.33. The van der Waals surface area contributed by atoms with Gasteiger partial charge in [-0.15, -0.1) is 5.10 Å². The van der Waals surface area contributed by atoms with Gasteiger partial charge >= 0.3 is 5.69 Å².